The molecular weight excluding hydrogens is 422 g/mol. The van der Waals surface area contributed by atoms with Crippen LogP contribution in [0.1, 0.15) is 27.0 Å². The van der Waals surface area contributed by atoms with Crippen LogP contribution in [0, 0.1) is 6.92 Å². The lowest BCUT2D eigenvalue weighted by atomic mass is 10.1. The van der Waals surface area contributed by atoms with Gasteiger partial charge in [0.2, 0.25) is 6.79 Å². The van der Waals surface area contributed by atoms with Crippen LogP contribution in [0.2, 0.25) is 0 Å². The Hall–Kier alpha value is -4.59. The molecule has 4 rings (SSSR count). The van der Waals surface area contributed by atoms with Crippen LogP contribution in [0.5, 0.6) is 17.2 Å². The number of nitrogens with zero attached hydrogens (tertiary/aromatic N) is 1. The summed E-state index contributed by atoms with van der Waals surface area (Å²) in [5.41, 5.74) is 4.72. The quantitative estimate of drug-likeness (QED) is 0.308. The van der Waals surface area contributed by atoms with Crippen LogP contribution in [0.15, 0.2) is 77.5 Å². The Kier molecular flexibility index (Phi) is 6.36. The molecule has 1 heterocycles. The van der Waals surface area contributed by atoms with E-state index in [1.165, 1.54) is 12.3 Å². The van der Waals surface area contributed by atoms with Gasteiger partial charge < -0.3 is 19.9 Å². The highest BCUT2D eigenvalue weighted by Crippen LogP contribution is 2.33. The number of carbonyl (C=O) groups excluding carboxylic acids is 2. The number of fused-ring (bicyclic) bond motifs is 1. The minimum atomic E-state index is -0.639. The van der Waals surface area contributed by atoms with E-state index in [9.17, 15) is 14.7 Å². The molecule has 3 aromatic carbocycles. The third kappa shape index (κ3) is 5.37. The number of ether oxygens (including phenoxy) is 2. The van der Waals surface area contributed by atoms with Gasteiger partial charge in [-0.05, 0) is 60.5 Å². The van der Waals surface area contributed by atoms with E-state index in [0.717, 1.165) is 5.56 Å². The standard InChI is InChI=1S/C25H21N3O5/c1-16-7-9-19(21(29)11-16)14-26-28-25(31)20(27-24(30)18-5-3-2-4-6-18)12-17-8-10-22-23(13-17)33-15-32-22/h2-14,29H,15H2,1H3,(H,27,30)(H,28,31)/b20-12+,26-14-. The molecule has 0 atom stereocenters. The lowest BCUT2D eigenvalue weighted by molar-refractivity contribution is -0.117. The average molecular weight is 443 g/mol. The number of aromatic hydroxyl groups is 1. The molecule has 1 aliphatic rings. The Labute approximate surface area is 190 Å². The van der Waals surface area contributed by atoms with Gasteiger partial charge in [-0.15, -0.1) is 0 Å². The van der Waals surface area contributed by atoms with E-state index in [2.05, 4.69) is 15.8 Å². The van der Waals surface area contributed by atoms with Crippen LogP contribution in [-0.2, 0) is 4.79 Å². The van der Waals surface area contributed by atoms with Crippen LogP contribution < -0.4 is 20.2 Å². The van der Waals surface area contributed by atoms with Gasteiger partial charge >= 0.3 is 0 Å². The zero-order valence-corrected chi connectivity index (χ0v) is 17.7. The Morgan fingerprint density at radius 3 is 2.58 bits per heavy atom. The highest BCUT2D eigenvalue weighted by molar-refractivity contribution is 6.05. The number of rotatable bonds is 6. The second-order valence-corrected chi connectivity index (χ2v) is 7.25. The fourth-order valence-electron chi connectivity index (χ4n) is 3.10. The van der Waals surface area contributed by atoms with E-state index in [-0.39, 0.29) is 18.2 Å². The molecule has 33 heavy (non-hydrogen) atoms. The van der Waals surface area contributed by atoms with Crippen molar-refractivity contribution in [1.29, 1.82) is 0 Å². The minimum Gasteiger partial charge on any atom is -0.507 e. The molecule has 8 nitrogen and oxygen atoms in total. The molecule has 0 aliphatic carbocycles. The average Bonchev–Trinajstić information content (AvgIpc) is 3.28. The number of phenolic OH excluding ortho intramolecular Hbond substituents is 1. The number of hydrazone groups is 1. The summed E-state index contributed by atoms with van der Waals surface area (Å²) >= 11 is 0. The highest BCUT2D eigenvalue weighted by atomic mass is 16.7. The first-order valence-corrected chi connectivity index (χ1v) is 10.1. The van der Waals surface area contributed by atoms with Crippen molar-refractivity contribution in [2.75, 3.05) is 6.79 Å². The van der Waals surface area contributed by atoms with Gasteiger partial charge in [0.15, 0.2) is 11.5 Å². The number of carbonyl (C=O) groups is 2. The summed E-state index contributed by atoms with van der Waals surface area (Å²) < 4.78 is 10.7. The summed E-state index contributed by atoms with van der Waals surface area (Å²) in [4.78, 5) is 25.5. The van der Waals surface area contributed by atoms with Gasteiger partial charge in [0.05, 0.1) is 6.21 Å². The fraction of sp³-hybridized carbons (Fsp3) is 0.0800. The first kappa shape index (κ1) is 21.6. The van der Waals surface area contributed by atoms with E-state index >= 15 is 0 Å². The van der Waals surface area contributed by atoms with E-state index < -0.39 is 11.8 Å². The van der Waals surface area contributed by atoms with Gasteiger partial charge in [-0.2, -0.15) is 5.10 Å². The van der Waals surface area contributed by atoms with Crippen molar-refractivity contribution in [2.45, 2.75) is 6.92 Å². The highest BCUT2D eigenvalue weighted by Gasteiger charge is 2.17. The number of hydrogen-bond acceptors (Lipinski definition) is 6. The van der Waals surface area contributed by atoms with Crippen molar-refractivity contribution in [1.82, 2.24) is 10.7 Å². The predicted octanol–water partition coefficient (Wildman–Crippen LogP) is 3.35. The third-order valence-electron chi connectivity index (χ3n) is 4.79. The van der Waals surface area contributed by atoms with Gasteiger partial charge in [-0.1, -0.05) is 30.3 Å². The van der Waals surface area contributed by atoms with Crippen molar-refractivity contribution >= 4 is 24.1 Å². The molecule has 0 saturated carbocycles. The molecule has 0 radical (unpaired) electrons. The molecule has 0 aromatic heterocycles. The molecule has 0 saturated heterocycles. The number of nitrogens with one attached hydrogen (secondary N) is 2. The second kappa shape index (κ2) is 9.69. The fourth-order valence-corrected chi connectivity index (χ4v) is 3.10. The molecule has 0 unspecified atom stereocenters. The zero-order valence-electron chi connectivity index (χ0n) is 17.7. The van der Waals surface area contributed by atoms with Gasteiger partial charge in [0.1, 0.15) is 11.4 Å². The minimum absolute atomic E-state index is 0.0204. The van der Waals surface area contributed by atoms with Gasteiger partial charge in [0.25, 0.3) is 11.8 Å². The van der Waals surface area contributed by atoms with E-state index in [4.69, 9.17) is 9.47 Å². The number of phenols is 1. The number of amides is 2. The number of aryl methyl sites for hydroxylation is 1. The summed E-state index contributed by atoms with van der Waals surface area (Å²) in [5.74, 6) is 0.110. The van der Waals surface area contributed by atoms with E-state index in [1.807, 2.05) is 13.0 Å². The van der Waals surface area contributed by atoms with Crippen molar-refractivity contribution in [3.8, 4) is 17.2 Å². The molecule has 0 fully saturated rings. The van der Waals surface area contributed by atoms with Crippen LogP contribution in [-0.4, -0.2) is 29.9 Å². The summed E-state index contributed by atoms with van der Waals surface area (Å²) in [6.45, 7) is 1.98. The molecule has 3 N–H and O–H groups in total. The summed E-state index contributed by atoms with van der Waals surface area (Å²) in [6.07, 6.45) is 2.83. The van der Waals surface area contributed by atoms with Gasteiger partial charge in [0, 0.05) is 11.1 Å². The Morgan fingerprint density at radius 1 is 1.00 bits per heavy atom. The van der Waals surface area contributed by atoms with Crippen LogP contribution >= 0.6 is 0 Å². The Bertz CT molecular complexity index is 1250. The largest absolute Gasteiger partial charge is 0.507 e. The lowest BCUT2D eigenvalue weighted by Crippen LogP contribution is -2.32. The number of benzene rings is 3. The molecule has 1 aliphatic heterocycles. The van der Waals surface area contributed by atoms with Crippen LogP contribution in [0.4, 0.5) is 0 Å². The summed E-state index contributed by atoms with van der Waals surface area (Å²) in [6, 6.07) is 18.8. The predicted molar refractivity (Wildman–Crippen MR) is 123 cm³/mol. The lowest BCUT2D eigenvalue weighted by Gasteiger charge is -2.09. The smallest absolute Gasteiger partial charge is 0.287 e. The van der Waals surface area contributed by atoms with E-state index in [0.29, 0.717) is 28.2 Å². The van der Waals surface area contributed by atoms with Crippen molar-refractivity contribution in [3.63, 3.8) is 0 Å². The third-order valence-corrected chi connectivity index (χ3v) is 4.79. The SMILES string of the molecule is Cc1ccc(/C=N\NC(=O)/C(=C\c2ccc3c(c2)OCO3)NC(=O)c2ccccc2)c(O)c1. The molecule has 0 spiro atoms. The molecule has 0 bridgehead atoms. The first-order chi connectivity index (χ1) is 16.0. The first-order valence-electron chi connectivity index (χ1n) is 10.1. The summed E-state index contributed by atoms with van der Waals surface area (Å²) in [7, 11) is 0. The van der Waals surface area contributed by atoms with E-state index in [1.54, 1.807) is 60.7 Å². The van der Waals surface area contributed by atoms with Crippen molar-refractivity contribution < 1.29 is 24.2 Å². The topological polar surface area (TPSA) is 109 Å². The van der Waals surface area contributed by atoms with Crippen LogP contribution in [0.25, 0.3) is 6.08 Å². The molecule has 3 aromatic rings. The Morgan fingerprint density at radius 2 is 1.79 bits per heavy atom. The normalized spacial score (nSPS) is 12.6. The maximum atomic E-state index is 12.9. The van der Waals surface area contributed by atoms with Gasteiger partial charge in [-0.3, -0.25) is 9.59 Å². The van der Waals surface area contributed by atoms with Crippen molar-refractivity contribution in [3.05, 3.63) is 94.7 Å². The maximum absolute atomic E-state index is 12.9. The Balaban J connectivity index is 1.56. The molecular formula is C25H21N3O5. The molecule has 166 valence electrons. The number of hydrogen-bond donors (Lipinski definition) is 3. The second-order valence-electron chi connectivity index (χ2n) is 7.25. The van der Waals surface area contributed by atoms with Crippen LogP contribution in [0.3, 0.4) is 0 Å². The molecule has 8 heteroatoms. The summed E-state index contributed by atoms with van der Waals surface area (Å²) in [5, 5.41) is 16.5. The zero-order chi connectivity index (χ0) is 23.2. The van der Waals surface area contributed by atoms with Crippen molar-refractivity contribution in [2.24, 2.45) is 5.10 Å². The van der Waals surface area contributed by atoms with Gasteiger partial charge in [-0.25, -0.2) is 5.43 Å². The molecule has 2 amide bonds. The monoisotopic (exact) mass is 443 g/mol. The maximum Gasteiger partial charge on any atom is 0.287 e.